The van der Waals surface area contributed by atoms with Gasteiger partial charge in [-0.2, -0.15) is 0 Å². The average Bonchev–Trinajstić information content (AvgIpc) is 2.79. The van der Waals surface area contributed by atoms with Crippen molar-refractivity contribution in [2.45, 2.75) is 0 Å². The molecule has 2 heteroatoms. The van der Waals surface area contributed by atoms with Gasteiger partial charge in [0.15, 0.2) is 0 Å². The third-order valence-corrected chi connectivity index (χ3v) is 4.93. The molecule has 4 aromatic carbocycles. The molecule has 4 aromatic rings. The first kappa shape index (κ1) is 17.9. The maximum Gasteiger partial charge on any atom is 0.118 e. The topological polar surface area (TPSA) is 18.5 Å². The number of hydrogen-bond acceptors (Lipinski definition) is 2. The van der Waals surface area contributed by atoms with E-state index in [4.69, 9.17) is 9.47 Å². The predicted octanol–water partition coefficient (Wildman–Crippen LogP) is 6.70. The fourth-order valence-electron chi connectivity index (χ4n) is 3.39. The van der Waals surface area contributed by atoms with Gasteiger partial charge in [-0.25, -0.2) is 0 Å². The van der Waals surface area contributed by atoms with Gasteiger partial charge in [-0.05, 0) is 63.7 Å². The Morgan fingerprint density at radius 2 is 0.929 bits per heavy atom. The minimum absolute atomic E-state index is 0.861. The second kappa shape index (κ2) is 8.01. The Kier molecular flexibility index (Phi) is 5.11. The summed E-state index contributed by atoms with van der Waals surface area (Å²) in [4.78, 5) is 0. The summed E-state index contributed by atoms with van der Waals surface area (Å²) in [7, 11) is 3.38. The number of rotatable bonds is 5. The lowest BCUT2D eigenvalue weighted by Gasteiger charge is -2.14. The molecule has 0 aliphatic carbocycles. The SMILES string of the molecule is COc1ccc(-c2ccc(-c3ccc(OC)cc3)c(-c3ccccc3)c2)cc1. The van der Waals surface area contributed by atoms with Crippen molar-refractivity contribution in [1.29, 1.82) is 0 Å². The van der Waals surface area contributed by atoms with Crippen LogP contribution >= 0.6 is 0 Å². The van der Waals surface area contributed by atoms with E-state index in [1.54, 1.807) is 14.2 Å². The molecular weight excluding hydrogens is 344 g/mol. The van der Waals surface area contributed by atoms with Gasteiger partial charge in [-0.1, -0.05) is 66.7 Å². The number of methoxy groups -OCH3 is 2. The molecule has 0 fully saturated rings. The second-order valence-electron chi connectivity index (χ2n) is 6.58. The van der Waals surface area contributed by atoms with Gasteiger partial charge in [0.2, 0.25) is 0 Å². The summed E-state index contributed by atoms with van der Waals surface area (Å²) < 4.78 is 10.6. The van der Waals surface area contributed by atoms with Gasteiger partial charge < -0.3 is 9.47 Å². The van der Waals surface area contributed by atoms with Crippen molar-refractivity contribution >= 4 is 0 Å². The van der Waals surface area contributed by atoms with Crippen molar-refractivity contribution in [3.05, 3.63) is 97.1 Å². The Bertz CT molecular complexity index is 1050. The van der Waals surface area contributed by atoms with Crippen LogP contribution in [0.25, 0.3) is 33.4 Å². The van der Waals surface area contributed by atoms with E-state index in [0.717, 1.165) is 11.5 Å². The summed E-state index contributed by atoms with van der Waals surface area (Å²) in [5.41, 5.74) is 7.12. The van der Waals surface area contributed by atoms with Crippen LogP contribution in [0.2, 0.25) is 0 Å². The molecule has 0 N–H and O–H groups in total. The molecule has 0 spiro atoms. The Morgan fingerprint density at radius 3 is 1.50 bits per heavy atom. The Morgan fingerprint density at radius 1 is 0.429 bits per heavy atom. The predicted molar refractivity (Wildman–Crippen MR) is 116 cm³/mol. The highest BCUT2D eigenvalue weighted by Gasteiger charge is 2.10. The molecule has 2 nitrogen and oxygen atoms in total. The largest absolute Gasteiger partial charge is 0.497 e. The normalized spacial score (nSPS) is 10.5. The minimum Gasteiger partial charge on any atom is -0.497 e. The highest BCUT2D eigenvalue weighted by atomic mass is 16.5. The summed E-state index contributed by atoms with van der Waals surface area (Å²) in [5.74, 6) is 1.72. The van der Waals surface area contributed by atoms with Crippen LogP contribution in [0.3, 0.4) is 0 Å². The zero-order chi connectivity index (χ0) is 19.3. The first-order chi connectivity index (χ1) is 13.8. The lowest BCUT2D eigenvalue weighted by Crippen LogP contribution is -1.89. The number of benzene rings is 4. The van der Waals surface area contributed by atoms with Gasteiger partial charge in [0.05, 0.1) is 14.2 Å². The Hall–Kier alpha value is -3.52. The molecule has 0 aliphatic heterocycles. The van der Waals surface area contributed by atoms with E-state index < -0.39 is 0 Å². The van der Waals surface area contributed by atoms with Crippen LogP contribution < -0.4 is 9.47 Å². The molecule has 0 saturated carbocycles. The minimum atomic E-state index is 0.861. The lowest BCUT2D eigenvalue weighted by molar-refractivity contribution is 0.415. The fraction of sp³-hybridized carbons (Fsp3) is 0.0769. The molecule has 4 rings (SSSR count). The van der Waals surface area contributed by atoms with Crippen LogP contribution in [0.15, 0.2) is 97.1 Å². The maximum absolute atomic E-state index is 5.31. The van der Waals surface area contributed by atoms with E-state index in [0.29, 0.717) is 0 Å². The molecule has 0 saturated heterocycles. The summed E-state index contributed by atoms with van der Waals surface area (Å²) in [6.45, 7) is 0. The molecule has 138 valence electrons. The van der Waals surface area contributed by atoms with E-state index in [2.05, 4.69) is 66.7 Å². The molecule has 0 aromatic heterocycles. The van der Waals surface area contributed by atoms with Crippen LogP contribution in [0, 0.1) is 0 Å². The van der Waals surface area contributed by atoms with Crippen LogP contribution in [0.5, 0.6) is 11.5 Å². The van der Waals surface area contributed by atoms with Crippen molar-refractivity contribution in [2.24, 2.45) is 0 Å². The van der Waals surface area contributed by atoms with Gasteiger partial charge in [0.1, 0.15) is 11.5 Å². The zero-order valence-electron chi connectivity index (χ0n) is 16.1. The number of hydrogen-bond donors (Lipinski definition) is 0. The van der Waals surface area contributed by atoms with Crippen molar-refractivity contribution in [3.8, 4) is 44.9 Å². The molecule has 0 amide bonds. The first-order valence-electron chi connectivity index (χ1n) is 9.27. The van der Waals surface area contributed by atoms with Crippen LogP contribution in [-0.2, 0) is 0 Å². The van der Waals surface area contributed by atoms with Crippen molar-refractivity contribution < 1.29 is 9.47 Å². The summed E-state index contributed by atoms with van der Waals surface area (Å²) >= 11 is 0. The van der Waals surface area contributed by atoms with Crippen LogP contribution in [-0.4, -0.2) is 14.2 Å². The Balaban J connectivity index is 1.83. The number of ether oxygens (including phenoxy) is 2. The van der Waals surface area contributed by atoms with Gasteiger partial charge in [-0.15, -0.1) is 0 Å². The monoisotopic (exact) mass is 366 g/mol. The van der Waals surface area contributed by atoms with Crippen molar-refractivity contribution in [1.82, 2.24) is 0 Å². The second-order valence-corrected chi connectivity index (χ2v) is 6.58. The average molecular weight is 366 g/mol. The molecule has 0 heterocycles. The first-order valence-corrected chi connectivity index (χ1v) is 9.27. The lowest BCUT2D eigenvalue weighted by atomic mass is 9.91. The maximum atomic E-state index is 5.31. The molecule has 0 aliphatic rings. The molecule has 28 heavy (non-hydrogen) atoms. The highest BCUT2D eigenvalue weighted by Crippen LogP contribution is 2.36. The van der Waals surface area contributed by atoms with Crippen molar-refractivity contribution in [2.75, 3.05) is 14.2 Å². The van der Waals surface area contributed by atoms with Gasteiger partial charge in [0.25, 0.3) is 0 Å². The molecule has 0 unspecified atom stereocenters. The van der Waals surface area contributed by atoms with Gasteiger partial charge in [0, 0.05) is 0 Å². The van der Waals surface area contributed by atoms with E-state index >= 15 is 0 Å². The standard InChI is InChI=1S/C26H22O2/c1-27-23-13-8-19(9-14-23)22-12-17-25(21-10-15-24(28-2)16-11-21)26(18-22)20-6-4-3-5-7-20/h3-18H,1-2H3. The Labute approximate surface area is 166 Å². The van der Waals surface area contributed by atoms with E-state index in [1.165, 1.54) is 33.4 Å². The summed E-state index contributed by atoms with van der Waals surface area (Å²) in [6.07, 6.45) is 0. The third kappa shape index (κ3) is 3.63. The molecule has 0 radical (unpaired) electrons. The summed E-state index contributed by atoms with van der Waals surface area (Å²) in [5, 5.41) is 0. The van der Waals surface area contributed by atoms with E-state index in [1.807, 2.05) is 30.3 Å². The van der Waals surface area contributed by atoms with E-state index in [-0.39, 0.29) is 0 Å². The molecular formula is C26H22O2. The molecule has 0 bridgehead atoms. The third-order valence-electron chi connectivity index (χ3n) is 4.93. The zero-order valence-corrected chi connectivity index (χ0v) is 16.1. The van der Waals surface area contributed by atoms with Gasteiger partial charge >= 0.3 is 0 Å². The molecule has 0 atom stereocenters. The van der Waals surface area contributed by atoms with Gasteiger partial charge in [-0.3, -0.25) is 0 Å². The van der Waals surface area contributed by atoms with Crippen LogP contribution in [0.4, 0.5) is 0 Å². The summed E-state index contributed by atoms with van der Waals surface area (Å²) in [6, 6.07) is 33.5. The highest BCUT2D eigenvalue weighted by molar-refractivity contribution is 5.87. The van der Waals surface area contributed by atoms with E-state index in [9.17, 15) is 0 Å². The smallest absolute Gasteiger partial charge is 0.118 e. The fourth-order valence-corrected chi connectivity index (χ4v) is 3.39. The van der Waals surface area contributed by atoms with Crippen LogP contribution in [0.1, 0.15) is 0 Å². The van der Waals surface area contributed by atoms with Crippen molar-refractivity contribution in [3.63, 3.8) is 0 Å². The quantitative estimate of drug-likeness (QED) is 0.391.